The van der Waals surface area contributed by atoms with Gasteiger partial charge in [0.1, 0.15) is 10.7 Å². The zero-order chi connectivity index (χ0) is 9.84. The van der Waals surface area contributed by atoms with Gasteiger partial charge in [0.15, 0.2) is 0 Å². The number of rotatable bonds is 2. The van der Waals surface area contributed by atoms with Crippen molar-refractivity contribution >= 4 is 17.6 Å². The number of aromatic nitrogens is 1. The third-order valence-electron chi connectivity index (χ3n) is 1.31. The third kappa shape index (κ3) is 2.39. The lowest BCUT2D eigenvalue weighted by Gasteiger charge is -2.01. The second kappa shape index (κ2) is 4.18. The molecule has 0 atom stereocenters. The monoisotopic (exact) mass is 203 g/mol. The summed E-state index contributed by atoms with van der Waals surface area (Å²) >= 11 is 5.40. The van der Waals surface area contributed by atoms with Crippen LogP contribution in [0.15, 0.2) is 12.1 Å². The van der Waals surface area contributed by atoms with Gasteiger partial charge in [-0.25, -0.2) is 9.78 Å². The van der Waals surface area contributed by atoms with Crippen LogP contribution in [0.2, 0.25) is 5.15 Å². The summed E-state index contributed by atoms with van der Waals surface area (Å²) in [7, 11) is 0. The molecule has 5 heteroatoms. The molecule has 0 N–H and O–H groups in total. The van der Waals surface area contributed by atoms with Gasteiger partial charge < -0.3 is 4.74 Å². The van der Waals surface area contributed by atoms with Crippen LogP contribution in [-0.2, 0) is 4.74 Å². The molecule has 0 amide bonds. The van der Waals surface area contributed by atoms with Crippen LogP contribution in [0.5, 0.6) is 0 Å². The fraction of sp³-hybridized carbons (Fsp3) is 0.250. The maximum Gasteiger partial charge on any atom is 0.342 e. The summed E-state index contributed by atoms with van der Waals surface area (Å²) in [5.74, 6) is -1.64. The largest absolute Gasteiger partial charge is 0.462 e. The van der Waals surface area contributed by atoms with E-state index in [1.54, 1.807) is 6.92 Å². The topological polar surface area (TPSA) is 39.2 Å². The smallest absolute Gasteiger partial charge is 0.342 e. The van der Waals surface area contributed by atoms with Crippen LogP contribution < -0.4 is 0 Å². The third-order valence-corrected chi connectivity index (χ3v) is 1.52. The van der Waals surface area contributed by atoms with E-state index in [4.69, 9.17) is 11.6 Å². The number of hydrogen-bond donors (Lipinski definition) is 0. The number of halogens is 2. The summed E-state index contributed by atoms with van der Waals surface area (Å²) in [6.07, 6.45) is 0. The lowest BCUT2D eigenvalue weighted by Crippen LogP contribution is -2.08. The minimum Gasteiger partial charge on any atom is -0.462 e. The highest BCUT2D eigenvalue weighted by Crippen LogP contribution is 2.10. The first-order valence-electron chi connectivity index (χ1n) is 3.64. The highest BCUT2D eigenvalue weighted by atomic mass is 35.5. The average Bonchev–Trinajstić information content (AvgIpc) is 2.04. The minimum atomic E-state index is -0.911. The maximum atomic E-state index is 12.9. The highest BCUT2D eigenvalue weighted by Gasteiger charge is 2.13. The standard InChI is InChI=1S/C8H7ClFNO2/c1-2-13-8(12)5-3-4-6(9)11-7(5)10/h3-4H,2H2,1H3. The second-order valence-electron chi connectivity index (χ2n) is 2.19. The van der Waals surface area contributed by atoms with E-state index in [0.717, 1.165) is 0 Å². The van der Waals surface area contributed by atoms with E-state index in [-0.39, 0.29) is 17.3 Å². The van der Waals surface area contributed by atoms with Crippen molar-refractivity contribution in [3.05, 3.63) is 28.8 Å². The number of carbonyl (C=O) groups is 1. The Morgan fingerprint density at radius 2 is 2.38 bits per heavy atom. The molecule has 13 heavy (non-hydrogen) atoms. The molecule has 1 heterocycles. The average molecular weight is 204 g/mol. The van der Waals surface area contributed by atoms with Gasteiger partial charge in [-0.3, -0.25) is 0 Å². The Kier molecular flexibility index (Phi) is 3.19. The van der Waals surface area contributed by atoms with E-state index in [9.17, 15) is 9.18 Å². The lowest BCUT2D eigenvalue weighted by molar-refractivity contribution is 0.0520. The van der Waals surface area contributed by atoms with E-state index in [0.29, 0.717) is 0 Å². The number of nitrogens with zero attached hydrogens (tertiary/aromatic N) is 1. The SMILES string of the molecule is CCOC(=O)c1ccc(Cl)nc1F. The van der Waals surface area contributed by atoms with Gasteiger partial charge in [0.25, 0.3) is 0 Å². The Morgan fingerprint density at radius 3 is 2.92 bits per heavy atom. The predicted octanol–water partition coefficient (Wildman–Crippen LogP) is 2.05. The molecule has 0 saturated carbocycles. The second-order valence-corrected chi connectivity index (χ2v) is 2.58. The van der Waals surface area contributed by atoms with E-state index in [2.05, 4.69) is 9.72 Å². The Morgan fingerprint density at radius 1 is 1.69 bits per heavy atom. The molecule has 0 radical (unpaired) electrons. The van der Waals surface area contributed by atoms with Crippen LogP contribution in [0.3, 0.4) is 0 Å². The van der Waals surface area contributed by atoms with Crippen molar-refractivity contribution in [3.63, 3.8) is 0 Å². The van der Waals surface area contributed by atoms with Gasteiger partial charge >= 0.3 is 5.97 Å². The fourth-order valence-electron chi connectivity index (χ4n) is 0.773. The molecule has 1 aromatic rings. The first-order chi connectivity index (χ1) is 6.15. The number of hydrogen-bond acceptors (Lipinski definition) is 3. The quantitative estimate of drug-likeness (QED) is 0.546. The molecule has 70 valence electrons. The molecule has 0 aliphatic heterocycles. The van der Waals surface area contributed by atoms with Crippen LogP contribution in [0.4, 0.5) is 4.39 Å². The van der Waals surface area contributed by atoms with Crippen molar-refractivity contribution in [3.8, 4) is 0 Å². The first-order valence-corrected chi connectivity index (χ1v) is 4.02. The molecular weight excluding hydrogens is 197 g/mol. The molecule has 1 rings (SSSR count). The molecular formula is C8H7ClFNO2. The van der Waals surface area contributed by atoms with Gasteiger partial charge in [-0.15, -0.1) is 0 Å². The molecule has 0 saturated heterocycles. The molecule has 0 fully saturated rings. The molecule has 1 aromatic heterocycles. The highest BCUT2D eigenvalue weighted by molar-refractivity contribution is 6.29. The van der Waals surface area contributed by atoms with Crippen LogP contribution in [0.1, 0.15) is 17.3 Å². The van der Waals surface area contributed by atoms with E-state index < -0.39 is 11.9 Å². The first kappa shape index (κ1) is 9.92. The summed E-state index contributed by atoms with van der Waals surface area (Å²) < 4.78 is 17.5. The molecule has 0 aromatic carbocycles. The van der Waals surface area contributed by atoms with Crippen LogP contribution in [-0.4, -0.2) is 17.6 Å². The molecule has 0 bridgehead atoms. The van der Waals surface area contributed by atoms with Crippen molar-refractivity contribution in [2.24, 2.45) is 0 Å². The van der Waals surface area contributed by atoms with Gasteiger partial charge in [0.2, 0.25) is 5.95 Å². The normalized spacial score (nSPS) is 9.77. The van der Waals surface area contributed by atoms with Crippen molar-refractivity contribution in [1.82, 2.24) is 4.98 Å². The van der Waals surface area contributed by atoms with Gasteiger partial charge in [-0.1, -0.05) is 11.6 Å². The van der Waals surface area contributed by atoms with Gasteiger partial charge in [0.05, 0.1) is 6.61 Å². The Labute approximate surface area is 79.5 Å². The van der Waals surface area contributed by atoms with Gasteiger partial charge in [-0.2, -0.15) is 4.39 Å². The van der Waals surface area contributed by atoms with Crippen LogP contribution in [0, 0.1) is 5.95 Å². The maximum absolute atomic E-state index is 12.9. The Hall–Kier alpha value is -1.16. The Bertz CT molecular complexity index is 330. The lowest BCUT2D eigenvalue weighted by atomic mass is 10.3. The van der Waals surface area contributed by atoms with Crippen molar-refractivity contribution in [2.45, 2.75) is 6.92 Å². The van der Waals surface area contributed by atoms with Gasteiger partial charge in [-0.05, 0) is 19.1 Å². The van der Waals surface area contributed by atoms with E-state index >= 15 is 0 Å². The molecule has 0 unspecified atom stereocenters. The van der Waals surface area contributed by atoms with Gasteiger partial charge in [0, 0.05) is 0 Å². The van der Waals surface area contributed by atoms with E-state index in [1.807, 2.05) is 0 Å². The van der Waals surface area contributed by atoms with E-state index in [1.165, 1.54) is 12.1 Å². The number of ether oxygens (including phenoxy) is 1. The molecule has 0 spiro atoms. The summed E-state index contributed by atoms with van der Waals surface area (Å²) in [6, 6.07) is 2.57. The summed E-state index contributed by atoms with van der Waals surface area (Å²) in [4.78, 5) is 14.3. The zero-order valence-corrected chi connectivity index (χ0v) is 7.64. The van der Waals surface area contributed by atoms with Crippen molar-refractivity contribution in [1.29, 1.82) is 0 Å². The molecule has 0 aliphatic rings. The molecule has 3 nitrogen and oxygen atoms in total. The number of pyridine rings is 1. The van der Waals surface area contributed by atoms with Crippen LogP contribution in [0.25, 0.3) is 0 Å². The Balaban J connectivity index is 2.95. The predicted molar refractivity (Wildman–Crippen MR) is 45.2 cm³/mol. The zero-order valence-electron chi connectivity index (χ0n) is 6.88. The van der Waals surface area contributed by atoms with Crippen molar-refractivity contribution in [2.75, 3.05) is 6.61 Å². The number of carbonyl (C=O) groups excluding carboxylic acids is 1. The number of esters is 1. The van der Waals surface area contributed by atoms with Crippen molar-refractivity contribution < 1.29 is 13.9 Å². The summed E-state index contributed by atoms with van der Waals surface area (Å²) in [5.41, 5.74) is -0.203. The molecule has 0 aliphatic carbocycles. The minimum absolute atomic E-state index is 0.00514. The summed E-state index contributed by atoms with van der Waals surface area (Å²) in [5, 5.41) is 0.00514. The summed E-state index contributed by atoms with van der Waals surface area (Å²) in [6.45, 7) is 1.83. The van der Waals surface area contributed by atoms with Crippen LogP contribution >= 0.6 is 11.6 Å². The fourth-order valence-corrected chi connectivity index (χ4v) is 0.910.